The number of nitrogens with one attached hydrogen (secondary N) is 1. The van der Waals surface area contributed by atoms with Gasteiger partial charge in [-0.05, 0) is 61.9 Å². The molecule has 1 aliphatic rings. The number of hydrogen-bond acceptors (Lipinski definition) is 5. The van der Waals surface area contributed by atoms with Crippen molar-refractivity contribution in [1.29, 1.82) is 0 Å². The fourth-order valence-electron chi connectivity index (χ4n) is 2.93. The summed E-state index contributed by atoms with van der Waals surface area (Å²) >= 11 is 0. The molecule has 0 radical (unpaired) electrons. The zero-order chi connectivity index (χ0) is 19.4. The first-order valence-corrected chi connectivity index (χ1v) is 10.3. The summed E-state index contributed by atoms with van der Waals surface area (Å²) in [7, 11) is -3.74. The lowest BCUT2D eigenvalue weighted by Crippen LogP contribution is -2.31. The Morgan fingerprint density at radius 3 is 2.36 bits per heavy atom. The SMILES string of the molecule is CCOc1ccc(NS(=O)(=O)c2ccc(C(=O)N3CC[C@@H](N)C3)cc2)cc1.Cl. The van der Waals surface area contributed by atoms with E-state index in [4.69, 9.17) is 10.5 Å². The molecule has 1 aliphatic heterocycles. The average molecular weight is 426 g/mol. The van der Waals surface area contributed by atoms with Crippen LogP contribution < -0.4 is 15.2 Å². The fourth-order valence-corrected chi connectivity index (χ4v) is 3.99. The quantitative estimate of drug-likeness (QED) is 0.740. The Morgan fingerprint density at radius 2 is 1.82 bits per heavy atom. The number of nitrogens with two attached hydrogens (primary N) is 1. The normalized spacial score (nSPS) is 16.4. The molecule has 1 saturated heterocycles. The smallest absolute Gasteiger partial charge is 0.261 e. The Labute approximate surface area is 171 Å². The van der Waals surface area contributed by atoms with Gasteiger partial charge in [-0.25, -0.2) is 8.42 Å². The lowest BCUT2D eigenvalue weighted by atomic mass is 10.2. The van der Waals surface area contributed by atoms with Crippen molar-refractivity contribution in [3.05, 3.63) is 54.1 Å². The van der Waals surface area contributed by atoms with Crippen LogP contribution in [-0.2, 0) is 10.0 Å². The minimum absolute atomic E-state index is 0. The second kappa shape index (κ2) is 9.27. The van der Waals surface area contributed by atoms with Gasteiger partial charge in [0.15, 0.2) is 0 Å². The van der Waals surface area contributed by atoms with Gasteiger partial charge in [0, 0.05) is 30.4 Å². The van der Waals surface area contributed by atoms with Crippen molar-refractivity contribution in [3.63, 3.8) is 0 Å². The van der Waals surface area contributed by atoms with Crippen LogP contribution in [0, 0.1) is 0 Å². The number of carbonyl (C=O) groups excluding carboxylic acids is 1. The molecule has 1 atom stereocenters. The third kappa shape index (κ3) is 5.15. The number of ether oxygens (including phenoxy) is 1. The minimum Gasteiger partial charge on any atom is -0.494 e. The van der Waals surface area contributed by atoms with E-state index in [9.17, 15) is 13.2 Å². The maximum atomic E-state index is 12.5. The number of carbonyl (C=O) groups is 1. The molecule has 0 bridgehead atoms. The molecule has 152 valence electrons. The molecule has 0 aliphatic carbocycles. The highest BCUT2D eigenvalue weighted by molar-refractivity contribution is 7.92. The van der Waals surface area contributed by atoms with Gasteiger partial charge in [0.05, 0.1) is 11.5 Å². The van der Waals surface area contributed by atoms with Crippen molar-refractivity contribution in [2.24, 2.45) is 5.73 Å². The number of rotatable bonds is 6. The van der Waals surface area contributed by atoms with Crippen LogP contribution in [0.1, 0.15) is 23.7 Å². The van der Waals surface area contributed by atoms with Gasteiger partial charge in [-0.15, -0.1) is 12.4 Å². The van der Waals surface area contributed by atoms with Gasteiger partial charge in [0.2, 0.25) is 0 Å². The zero-order valence-corrected chi connectivity index (χ0v) is 17.1. The molecule has 28 heavy (non-hydrogen) atoms. The molecule has 0 spiro atoms. The van der Waals surface area contributed by atoms with Crippen LogP contribution in [-0.4, -0.2) is 45.0 Å². The highest BCUT2D eigenvalue weighted by Crippen LogP contribution is 2.20. The fraction of sp³-hybridized carbons (Fsp3) is 0.316. The van der Waals surface area contributed by atoms with E-state index in [1.165, 1.54) is 24.3 Å². The van der Waals surface area contributed by atoms with Gasteiger partial charge in [0.1, 0.15) is 5.75 Å². The summed E-state index contributed by atoms with van der Waals surface area (Å²) in [6.07, 6.45) is 0.782. The summed E-state index contributed by atoms with van der Waals surface area (Å²) in [6.45, 7) is 3.57. The number of anilines is 1. The Morgan fingerprint density at radius 1 is 1.18 bits per heavy atom. The van der Waals surface area contributed by atoms with E-state index in [1.807, 2.05) is 6.92 Å². The predicted molar refractivity (Wildman–Crippen MR) is 111 cm³/mol. The van der Waals surface area contributed by atoms with Crippen molar-refractivity contribution < 1.29 is 17.9 Å². The van der Waals surface area contributed by atoms with Gasteiger partial charge in [-0.2, -0.15) is 0 Å². The summed E-state index contributed by atoms with van der Waals surface area (Å²) in [6, 6.07) is 12.6. The Kier molecular flexibility index (Phi) is 7.29. The number of hydrogen-bond donors (Lipinski definition) is 2. The van der Waals surface area contributed by atoms with Gasteiger partial charge in [-0.3, -0.25) is 9.52 Å². The van der Waals surface area contributed by atoms with E-state index in [2.05, 4.69) is 4.72 Å². The zero-order valence-electron chi connectivity index (χ0n) is 15.5. The molecule has 3 N–H and O–H groups in total. The van der Waals surface area contributed by atoms with E-state index in [-0.39, 0.29) is 29.3 Å². The molecule has 3 rings (SSSR count). The van der Waals surface area contributed by atoms with Crippen molar-refractivity contribution in [2.45, 2.75) is 24.3 Å². The van der Waals surface area contributed by atoms with Gasteiger partial charge in [-0.1, -0.05) is 0 Å². The Hall–Kier alpha value is -2.29. The second-order valence-corrected chi connectivity index (χ2v) is 8.07. The Balaban J connectivity index is 0.00000280. The first kappa shape index (κ1) is 22.0. The number of nitrogens with zero attached hydrogens (tertiary/aromatic N) is 1. The summed E-state index contributed by atoms with van der Waals surface area (Å²) in [4.78, 5) is 14.2. The number of halogens is 1. The largest absolute Gasteiger partial charge is 0.494 e. The van der Waals surface area contributed by atoms with Crippen molar-refractivity contribution in [3.8, 4) is 5.75 Å². The minimum atomic E-state index is -3.74. The second-order valence-electron chi connectivity index (χ2n) is 6.39. The molecule has 2 aromatic rings. The standard InChI is InChI=1S/C19H23N3O4S.ClH/c1-2-26-17-7-5-16(6-8-17)21-27(24,25)18-9-3-14(4-10-18)19(23)22-12-11-15(20)13-22;/h3-10,15,21H,2,11-13,20H2,1H3;1H/t15-;/m1./s1. The molecule has 7 nitrogen and oxygen atoms in total. The highest BCUT2D eigenvalue weighted by Gasteiger charge is 2.25. The van der Waals surface area contributed by atoms with Crippen LogP contribution in [0.4, 0.5) is 5.69 Å². The van der Waals surface area contributed by atoms with Crippen molar-refractivity contribution >= 4 is 34.0 Å². The van der Waals surface area contributed by atoms with Gasteiger partial charge < -0.3 is 15.4 Å². The Bertz CT molecular complexity index is 902. The highest BCUT2D eigenvalue weighted by atomic mass is 35.5. The van der Waals surface area contributed by atoms with Crippen LogP contribution in [0.2, 0.25) is 0 Å². The first-order chi connectivity index (χ1) is 12.9. The number of likely N-dealkylation sites (tertiary alicyclic amines) is 1. The van der Waals surface area contributed by atoms with E-state index >= 15 is 0 Å². The summed E-state index contributed by atoms with van der Waals surface area (Å²) in [5.74, 6) is 0.538. The first-order valence-electron chi connectivity index (χ1n) is 8.79. The van der Waals surface area contributed by atoms with E-state index in [0.29, 0.717) is 36.7 Å². The number of sulfonamides is 1. The van der Waals surface area contributed by atoms with Crippen molar-refractivity contribution in [2.75, 3.05) is 24.4 Å². The molecule has 2 aromatic carbocycles. The molecule has 0 aromatic heterocycles. The lowest BCUT2D eigenvalue weighted by molar-refractivity contribution is 0.0791. The number of amides is 1. The maximum Gasteiger partial charge on any atom is 0.261 e. The molecular formula is C19H24ClN3O4S. The molecule has 1 heterocycles. The van der Waals surface area contributed by atoms with Crippen molar-refractivity contribution in [1.82, 2.24) is 4.90 Å². The molecule has 0 saturated carbocycles. The van der Waals surface area contributed by atoms with E-state index in [1.54, 1.807) is 29.2 Å². The van der Waals surface area contributed by atoms with Crippen LogP contribution in [0.15, 0.2) is 53.4 Å². The maximum absolute atomic E-state index is 12.5. The van der Waals surface area contributed by atoms with Crippen LogP contribution in [0.3, 0.4) is 0 Å². The third-order valence-corrected chi connectivity index (χ3v) is 5.74. The molecule has 0 unspecified atom stereocenters. The summed E-state index contributed by atoms with van der Waals surface area (Å²) < 4.78 is 32.9. The van der Waals surface area contributed by atoms with E-state index < -0.39 is 10.0 Å². The lowest BCUT2D eigenvalue weighted by Gasteiger charge is -2.16. The topological polar surface area (TPSA) is 102 Å². The van der Waals surface area contributed by atoms with Gasteiger partial charge in [0.25, 0.3) is 15.9 Å². The van der Waals surface area contributed by atoms with Crippen LogP contribution in [0.5, 0.6) is 5.75 Å². The molecule has 1 amide bonds. The summed E-state index contributed by atoms with van der Waals surface area (Å²) in [5.41, 5.74) is 6.72. The van der Waals surface area contributed by atoms with E-state index in [0.717, 1.165) is 6.42 Å². The average Bonchev–Trinajstić information content (AvgIpc) is 3.09. The monoisotopic (exact) mass is 425 g/mol. The van der Waals surface area contributed by atoms with Crippen LogP contribution >= 0.6 is 12.4 Å². The van der Waals surface area contributed by atoms with Crippen LogP contribution in [0.25, 0.3) is 0 Å². The third-order valence-electron chi connectivity index (χ3n) is 4.34. The van der Waals surface area contributed by atoms with Gasteiger partial charge >= 0.3 is 0 Å². The molecule has 9 heteroatoms. The number of benzene rings is 2. The predicted octanol–water partition coefficient (Wildman–Crippen LogP) is 2.48. The molecular weight excluding hydrogens is 402 g/mol. The molecule has 1 fully saturated rings. The summed E-state index contributed by atoms with van der Waals surface area (Å²) in [5, 5.41) is 0.